The first-order valence-electron chi connectivity index (χ1n) is 5.82. The largest absolute Gasteiger partial charge is 0.508 e. The molecule has 0 N–H and O–H groups in total. The molecule has 7 heteroatoms. The van der Waals surface area contributed by atoms with Crippen molar-refractivity contribution in [2.24, 2.45) is 5.92 Å². The summed E-state index contributed by atoms with van der Waals surface area (Å²) in [6, 6.07) is 0. The van der Waals surface area contributed by atoms with Crippen LogP contribution < -0.4 is 0 Å². The zero-order valence-electron chi connectivity index (χ0n) is 11.5. The number of hydrogen-bond acceptors (Lipinski definition) is 6. The lowest BCUT2D eigenvalue weighted by atomic mass is 9.95. The van der Waals surface area contributed by atoms with Crippen LogP contribution in [0, 0.1) is 16.0 Å². The van der Waals surface area contributed by atoms with Gasteiger partial charge >= 0.3 is 6.16 Å². The van der Waals surface area contributed by atoms with E-state index in [1.807, 2.05) is 13.8 Å². The van der Waals surface area contributed by atoms with E-state index in [9.17, 15) is 14.9 Å². The smallest absolute Gasteiger partial charge is 0.434 e. The molecular formula is C11H21NO6. The molecule has 0 amide bonds. The molecule has 0 aromatic heterocycles. The zero-order valence-corrected chi connectivity index (χ0v) is 11.5. The maximum absolute atomic E-state index is 11.3. The second-order valence-corrected chi connectivity index (χ2v) is 4.89. The summed E-state index contributed by atoms with van der Waals surface area (Å²) in [5.41, 5.74) is -0.611. The molecule has 0 heterocycles. The Kier molecular flexibility index (Phi) is 6.43. The fraction of sp³-hybridized carbons (Fsp3) is 0.909. The van der Waals surface area contributed by atoms with Gasteiger partial charge in [-0.3, -0.25) is 0 Å². The highest BCUT2D eigenvalue weighted by atomic mass is 17.0. The average Bonchev–Trinajstić information content (AvgIpc) is 2.14. The van der Waals surface area contributed by atoms with Crippen LogP contribution in [0.4, 0.5) is 4.79 Å². The molecule has 0 spiro atoms. The van der Waals surface area contributed by atoms with Crippen molar-refractivity contribution in [3.05, 3.63) is 10.1 Å². The van der Waals surface area contributed by atoms with E-state index in [2.05, 4.69) is 4.84 Å². The van der Waals surface area contributed by atoms with Gasteiger partial charge in [-0.2, -0.15) is 0 Å². The summed E-state index contributed by atoms with van der Waals surface area (Å²) < 4.78 is 9.94. The van der Waals surface area contributed by atoms with Crippen molar-refractivity contribution in [1.29, 1.82) is 0 Å². The zero-order chi connectivity index (χ0) is 14.3. The lowest BCUT2D eigenvalue weighted by molar-refractivity contribution is -0.767. The molecule has 0 aliphatic carbocycles. The van der Waals surface area contributed by atoms with Gasteiger partial charge in [-0.1, -0.05) is 13.8 Å². The molecule has 0 saturated carbocycles. The van der Waals surface area contributed by atoms with Gasteiger partial charge in [0.05, 0.1) is 6.61 Å². The molecule has 0 aromatic carbocycles. The van der Waals surface area contributed by atoms with Crippen LogP contribution in [0.5, 0.6) is 0 Å². The Morgan fingerprint density at radius 3 is 2.33 bits per heavy atom. The van der Waals surface area contributed by atoms with E-state index in [4.69, 9.17) is 9.47 Å². The van der Waals surface area contributed by atoms with Gasteiger partial charge in [0, 0.05) is 6.42 Å². The van der Waals surface area contributed by atoms with Crippen molar-refractivity contribution < 1.29 is 24.2 Å². The molecule has 7 nitrogen and oxygen atoms in total. The molecule has 0 aliphatic rings. The Hall–Kier alpha value is -1.53. The van der Waals surface area contributed by atoms with E-state index in [0.717, 1.165) is 0 Å². The third kappa shape index (κ3) is 6.93. The molecule has 0 rings (SSSR count). The second-order valence-electron chi connectivity index (χ2n) is 4.89. The van der Waals surface area contributed by atoms with Crippen molar-refractivity contribution in [3.63, 3.8) is 0 Å². The summed E-state index contributed by atoms with van der Waals surface area (Å²) >= 11 is 0. The highest BCUT2D eigenvalue weighted by Crippen LogP contribution is 2.20. The van der Waals surface area contributed by atoms with Crippen molar-refractivity contribution in [2.45, 2.75) is 52.7 Å². The molecule has 0 bridgehead atoms. The number of nitrogens with zero attached hydrogens (tertiary/aromatic N) is 1. The highest BCUT2D eigenvalue weighted by molar-refractivity contribution is 5.60. The van der Waals surface area contributed by atoms with E-state index in [1.54, 1.807) is 13.8 Å². The number of ether oxygens (including phenoxy) is 2. The molecule has 0 aromatic rings. The fourth-order valence-electron chi connectivity index (χ4n) is 0.870. The Balaban J connectivity index is 3.88. The Bertz CT molecular complexity index is 289. The Morgan fingerprint density at radius 2 is 1.89 bits per heavy atom. The molecule has 0 aliphatic heterocycles. The quantitative estimate of drug-likeness (QED) is 0.398. The summed E-state index contributed by atoms with van der Waals surface area (Å²) in [5, 5.41) is 9.15. The molecule has 0 fully saturated rings. The minimum absolute atomic E-state index is 0.0159. The average molecular weight is 263 g/mol. The second kappa shape index (κ2) is 7.03. The van der Waals surface area contributed by atoms with Crippen molar-refractivity contribution in [2.75, 3.05) is 6.61 Å². The van der Waals surface area contributed by atoms with Gasteiger partial charge in [-0.05, 0) is 26.7 Å². The van der Waals surface area contributed by atoms with E-state index >= 15 is 0 Å². The van der Waals surface area contributed by atoms with E-state index in [1.165, 1.54) is 6.92 Å². The normalized spacial score (nSPS) is 13.0. The minimum atomic E-state index is -0.870. The van der Waals surface area contributed by atoms with Crippen LogP contribution >= 0.6 is 0 Å². The van der Waals surface area contributed by atoms with Gasteiger partial charge in [0.25, 0.3) is 5.09 Å². The van der Waals surface area contributed by atoms with Gasteiger partial charge in [0.2, 0.25) is 0 Å². The number of hydrogen-bond donors (Lipinski definition) is 0. The van der Waals surface area contributed by atoms with Crippen LogP contribution in [0.2, 0.25) is 0 Å². The molecule has 1 atom stereocenters. The van der Waals surface area contributed by atoms with Gasteiger partial charge in [-0.15, -0.1) is 10.1 Å². The summed E-state index contributed by atoms with van der Waals surface area (Å²) in [7, 11) is 0. The van der Waals surface area contributed by atoms with Crippen molar-refractivity contribution in [1.82, 2.24) is 0 Å². The van der Waals surface area contributed by atoms with Crippen LogP contribution in [0.1, 0.15) is 41.0 Å². The summed E-state index contributed by atoms with van der Waals surface area (Å²) in [5.74, 6) is 0.154. The predicted molar refractivity (Wildman–Crippen MR) is 63.5 cm³/mol. The molecule has 18 heavy (non-hydrogen) atoms. The van der Waals surface area contributed by atoms with Crippen LogP contribution in [-0.4, -0.2) is 29.6 Å². The van der Waals surface area contributed by atoms with E-state index in [0.29, 0.717) is 0 Å². The number of carbonyl (C=O) groups excluding carboxylic acids is 1. The molecule has 0 radical (unpaired) electrons. The maximum atomic E-state index is 11.3. The van der Waals surface area contributed by atoms with Gasteiger partial charge in [0.1, 0.15) is 11.7 Å². The molecule has 0 unspecified atom stereocenters. The van der Waals surface area contributed by atoms with E-state index in [-0.39, 0.29) is 18.9 Å². The summed E-state index contributed by atoms with van der Waals surface area (Å²) in [6.45, 7) is 8.98. The van der Waals surface area contributed by atoms with Gasteiger partial charge in [0.15, 0.2) is 0 Å². The lowest BCUT2D eigenvalue weighted by Gasteiger charge is -2.28. The molecular weight excluding hydrogens is 242 g/mol. The third-order valence-electron chi connectivity index (χ3n) is 2.75. The fourth-order valence-corrected chi connectivity index (χ4v) is 0.870. The van der Waals surface area contributed by atoms with Gasteiger partial charge < -0.3 is 14.3 Å². The third-order valence-corrected chi connectivity index (χ3v) is 2.75. The Labute approximate surface area is 106 Å². The number of carbonyl (C=O) groups is 1. The predicted octanol–water partition coefficient (Wildman–Crippen LogP) is 2.56. The van der Waals surface area contributed by atoms with E-state index < -0.39 is 22.9 Å². The minimum Gasteiger partial charge on any atom is -0.434 e. The van der Waals surface area contributed by atoms with Crippen LogP contribution in [0.15, 0.2) is 0 Å². The monoisotopic (exact) mass is 263 g/mol. The number of rotatable bonds is 7. The summed E-state index contributed by atoms with van der Waals surface area (Å²) in [4.78, 5) is 25.6. The van der Waals surface area contributed by atoms with Crippen molar-refractivity contribution >= 4 is 6.16 Å². The van der Waals surface area contributed by atoms with Gasteiger partial charge in [-0.25, -0.2) is 4.79 Å². The van der Waals surface area contributed by atoms with Crippen LogP contribution in [-0.2, 0) is 14.3 Å². The summed E-state index contributed by atoms with van der Waals surface area (Å²) in [6.07, 6.45) is -1.16. The van der Waals surface area contributed by atoms with Crippen LogP contribution in [0.3, 0.4) is 0 Å². The Morgan fingerprint density at radius 1 is 1.33 bits per heavy atom. The first-order chi connectivity index (χ1) is 8.15. The van der Waals surface area contributed by atoms with Crippen LogP contribution in [0.25, 0.3) is 0 Å². The molecule has 106 valence electrons. The first-order valence-corrected chi connectivity index (χ1v) is 5.82. The highest BCUT2D eigenvalue weighted by Gasteiger charge is 2.27. The lowest BCUT2D eigenvalue weighted by Crippen LogP contribution is -2.34. The standard InChI is InChI=1S/C11H21NO6/c1-8(2)11(4,5)17-10(13)16-7-6-9(3)18-12(14)15/h8-9H,6-7H2,1-5H3/t9-/m1/s1. The van der Waals surface area contributed by atoms with Crippen molar-refractivity contribution in [3.8, 4) is 0 Å². The first kappa shape index (κ1) is 16.5. The topological polar surface area (TPSA) is 87.9 Å². The molecule has 0 saturated heterocycles. The SMILES string of the molecule is CC(C)C(C)(C)OC(=O)OCC[C@@H](C)O[N+](=O)[O-]. The maximum Gasteiger partial charge on any atom is 0.508 e.